The van der Waals surface area contributed by atoms with Gasteiger partial charge in [0.1, 0.15) is 0 Å². The molecule has 2 aromatic carbocycles. The summed E-state index contributed by atoms with van der Waals surface area (Å²) in [5, 5.41) is 3.49. The van der Waals surface area contributed by atoms with Crippen molar-refractivity contribution < 1.29 is 13.2 Å². The van der Waals surface area contributed by atoms with Crippen LogP contribution in [0.1, 0.15) is 12.8 Å². The van der Waals surface area contributed by atoms with Gasteiger partial charge in [0, 0.05) is 13.0 Å². The summed E-state index contributed by atoms with van der Waals surface area (Å²) in [7, 11) is -3.44. The van der Waals surface area contributed by atoms with Crippen molar-refractivity contribution in [1.29, 1.82) is 0 Å². The summed E-state index contributed by atoms with van der Waals surface area (Å²) >= 11 is 17.8. The Morgan fingerprint density at radius 2 is 1.65 bits per heavy atom. The van der Waals surface area contributed by atoms with Crippen LogP contribution in [0, 0.1) is 0 Å². The highest BCUT2D eigenvalue weighted by atomic mass is 35.5. The monoisotopic (exact) mass is 434 g/mol. The van der Waals surface area contributed by atoms with Gasteiger partial charge in [-0.25, -0.2) is 8.42 Å². The van der Waals surface area contributed by atoms with Crippen LogP contribution in [0.2, 0.25) is 15.1 Å². The first-order chi connectivity index (χ1) is 12.2. The van der Waals surface area contributed by atoms with Crippen molar-refractivity contribution in [1.82, 2.24) is 0 Å². The molecule has 0 atom stereocenters. The number of para-hydroxylation sites is 1. The lowest BCUT2D eigenvalue weighted by atomic mass is 10.2. The Kier molecular flexibility index (Phi) is 7.17. The molecule has 0 saturated carbocycles. The van der Waals surface area contributed by atoms with E-state index in [-0.39, 0.29) is 28.9 Å². The zero-order chi connectivity index (χ0) is 19.3. The number of nitrogens with one attached hydrogen (secondary N) is 1. The van der Waals surface area contributed by atoms with Crippen LogP contribution < -0.4 is 9.62 Å². The van der Waals surface area contributed by atoms with Gasteiger partial charge in [-0.15, -0.1) is 0 Å². The van der Waals surface area contributed by atoms with E-state index in [4.69, 9.17) is 34.8 Å². The zero-order valence-corrected chi connectivity index (χ0v) is 17.0. The molecule has 26 heavy (non-hydrogen) atoms. The standard InChI is InChI=1S/C17H17Cl3N2O3S/c1-26(24,25)22(12-6-3-2-4-7-12)9-5-8-17(23)21-16-11-14(19)13(18)10-15(16)20/h2-4,6-7,10-11H,5,8-9H2,1H3,(H,21,23). The summed E-state index contributed by atoms with van der Waals surface area (Å²) in [5.74, 6) is -0.299. The topological polar surface area (TPSA) is 66.5 Å². The molecule has 0 aliphatic carbocycles. The summed E-state index contributed by atoms with van der Waals surface area (Å²) in [6.07, 6.45) is 1.59. The average Bonchev–Trinajstić information content (AvgIpc) is 2.56. The highest BCUT2D eigenvalue weighted by molar-refractivity contribution is 7.92. The van der Waals surface area contributed by atoms with Crippen molar-refractivity contribution in [2.75, 3.05) is 22.4 Å². The molecular weight excluding hydrogens is 419 g/mol. The van der Waals surface area contributed by atoms with E-state index in [9.17, 15) is 13.2 Å². The van der Waals surface area contributed by atoms with Crippen LogP contribution in [0.25, 0.3) is 0 Å². The fourth-order valence-electron chi connectivity index (χ4n) is 2.29. The number of carbonyl (C=O) groups excluding carboxylic acids is 1. The predicted molar refractivity (Wildman–Crippen MR) is 108 cm³/mol. The van der Waals surface area contributed by atoms with Gasteiger partial charge < -0.3 is 5.32 Å². The Hall–Kier alpha value is -1.47. The summed E-state index contributed by atoms with van der Waals surface area (Å²) < 4.78 is 25.3. The number of hydrogen-bond donors (Lipinski definition) is 1. The van der Waals surface area contributed by atoms with E-state index in [1.54, 1.807) is 30.3 Å². The van der Waals surface area contributed by atoms with Gasteiger partial charge in [0.25, 0.3) is 0 Å². The Labute approximate surface area is 167 Å². The van der Waals surface area contributed by atoms with Gasteiger partial charge in [-0.2, -0.15) is 0 Å². The molecule has 0 saturated heterocycles. The largest absolute Gasteiger partial charge is 0.325 e. The number of rotatable bonds is 7. The quantitative estimate of drug-likeness (QED) is 0.633. The van der Waals surface area contributed by atoms with Gasteiger partial charge in [0.2, 0.25) is 15.9 Å². The van der Waals surface area contributed by atoms with E-state index in [0.29, 0.717) is 22.8 Å². The van der Waals surface area contributed by atoms with Gasteiger partial charge in [-0.05, 0) is 30.7 Å². The number of hydrogen-bond acceptors (Lipinski definition) is 3. The third-order valence-corrected chi connectivity index (χ3v) is 5.72. The maximum absolute atomic E-state index is 12.1. The molecule has 9 heteroatoms. The minimum absolute atomic E-state index is 0.120. The molecule has 2 aromatic rings. The number of halogens is 3. The first-order valence-electron chi connectivity index (χ1n) is 7.65. The predicted octanol–water partition coefficient (Wildman–Crippen LogP) is 4.83. The molecule has 0 spiro atoms. The molecule has 0 bridgehead atoms. The van der Waals surface area contributed by atoms with E-state index in [1.165, 1.54) is 16.4 Å². The van der Waals surface area contributed by atoms with Gasteiger partial charge in [-0.3, -0.25) is 9.10 Å². The van der Waals surface area contributed by atoms with Crippen LogP contribution >= 0.6 is 34.8 Å². The van der Waals surface area contributed by atoms with Crippen molar-refractivity contribution in [3.8, 4) is 0 Å². The average molecular weight is 436 g/mol. The van der Waals surface area contributed by atoms with Crippen molar-refractivity contribution in [2.45, 2.75) is 12.8 Å². The van der Waals surface area contributed by atoms with Crippen molar-refractivity contribution in [2.24, 2.45) is 0 Å². The smallest absolute Gasteiger partial charge is 0.232 e. The van der Waals surface area contributed by atoms with Crippen molar-refractivity contribution in [3.63, 3.8) is 0 Å². The molecule has 140 valence electrons. The van der Waals surface area contributed by atoms with Crippen molar-refractivity contribution >= 4 is 62.1 Å². The number of nitrogens with zero attached hydrogens (tertiary/aromatic N) is 1. The number of sulfonamides is 1. The van der Waals surface area contributed by atoms with E-state index < -0.39 is 10.0 Å². The summed E-state index contributed by atoms with van der Waals surface area (Å²) in [4.78, 5) is 12.1. The zero-order valence-electron chi connectivity index (χ0n) is 13.9. The fraction of sp³-hybridized carbons (Fsp3) is 0.235. The van der Waals surface area contributed by atoms with Crippen molar-refractivity contribution in [3.05, 3.63) is 57.5 Å². The molecular formula is C17H17Cl3N2O3S. The molecule has 0 radical (unpaired) electrons. The minimum Gasteiger partial charge on any atom is -0.325 e. The van der Waals surface area contributed by atoms with Crippen LogP contribution in [-0.4, -0.2) is 27.1 Å². The molecule has 0 aromatic heterocycles. The number of anilines is 2. The lowest BCUT2D eigenvalue weighted by molar-refractivity contribution is -0.116. The Morgan fingerprint density at radius 1 is 1.04 bits per heavy atom. The summed E-state index contributed by atoms with van der Waals surface area (Å²) in [6.45, 7) is 0.186. The van der Waals surface area contributed by atoms with E-state index in [2.05, 4.69) is 5.32 Å². The normalized spacial score (nSPS) is 11.2. The lowest BCUT2D eigenvalue weighted by Gasteiger charge is -2.22. The first kappa shape index (κ1) is 20.8. The molecule has 5 nitrogen and oxygen atoms in total. The van der Waals surface area contributed by atoms with E-state index in [0.717, 1.165) is 6.26 Å². The third-order valence-electron chi connectivity index (χ3n) is 3.49. The summed E-state index contributed by atoms with van der Waals surface area (Å²) in [5.41, 5.74) is 0.914. The first-order valence-corrected chi connectivity index (χ1v) is 10.6. The lowest BCUT2D eigenvalue weighted by Crippen LogP contribution is -2.31. The van der Waals surface area contributed by atoms with Gasteiger partial charge >= 0.3 is 0 Å². The Bertz CT molecular complexity index is 890. The fourth-order valence-corrected chi connectivity index (χ4v) is 3.85. The number of carbonyl (C=O) groups is 1. The molecule has 0 heterocycles. The number of amides is 1. The van der Waals surface area contributed by atoms with Crippen LogP contribution in [0.15, 0.2) is 42.5 Å². The van der Waals surface area contributed by atoms with Gasteiger partial charge in [0.05, 0.1) is 32.7 Å². The van der Waals surface area contributed by atoms with Crippen LogP contribution in [0.4, 0.5) is 11.4 Å². The molecule has 2 rings (SSSR count). The maximum Gasteiger partial charge on any atom is 0.232 e. The van der Waals surface area contributed by atoms with Crippen LogP contribution in [0.3, 0.4) is 0 Å². The molecule has 0 fully saturated rings. The Balaban J connectivity index is 1.97. The molecule has 1 N–H and O–H groups in total. The van der Waals surface area contributed by atoms with Crippen LogP contribution in [0.5, 0.6) is 0 Å². The molecule has 0 aliphatic heterocycles. The second-order valence-corrected chi connectivity index (χ2v) is 8.70. The highest BCUT2D eigenvalue weighted by Gasteiger charge is 2.17. The van der Waals surface area contributed by atoms with E-state index in [1.807, 2.05) is 0 Å². The van der Waals surface area contributed by atoms with Crippen LogP contribution in [-0.2, 0) is 14.8 Å². The number of benzene rings is 2. The third kappa shape index (κ3) is 5.77. The van der Waals surface area contributed by atoms with Gasteiger partial charge in [-0.1, -0.05) is 53.0 Å². The minimum atomic E-state index is -3.44. The Morgan fingerprint density at radius 3 is 2.27 bits per heavy atom. The second-order valence-electron chi connectivity index (χ2n) is 5.57. The molecule has 1 amide bonds. The highest BCUT2D eigenvalue weighted by Crippen LogP contribution is 2.32. The molecule has 0 aliphatic rings. The molecule has 0 unspecified atom stereocenters. The maximum atomic E-state index is 12.1. The SMILES string of the molecule is CS(=O)(=O)N(CCCC(=O)Nc1cc(Cl)c(Cl)cc1Cl)c1ccccc1. The van der Waals surface area contributed by atoms with E-state index >= 15 is 0 Å². The summed E-state index contributed by atoms with van der Waals surface area (Å²) in [6, 6.07) is 11.6. The van der Waals surface area contributed by atoms with Gasteiger partial charge in [0.15, 0.2) is 0 Å². The second kappa shape index (κ2) is 8.95.